The molecule has 0 aliphatic rings. The van der Waals surface area contributed by atoms with Crippen molar-refractivity contribution in [3.8, 4) is 0 Å². The van der Waals surface area contributed by atoms with Gasteiger partial charge in [-0.3, -0.25) is 0 Å². The zero-order valence-electron chi connectivity index (χ0n) is 10.1. The molecule has 2 rings (SSSR count). The number of hydrogen-bond acceptors (Lipinski definition) is 4. The smallest absolute Gasteiger partial charge is 0.368 e. The molecule has 0 aromatic carbocycles. The molecule has 0 radical (unpaired) electrons. The van der Waals surface area contributed by atoms with Gasteiger partial charge in [0.15, 0.2) is 11.5 Å². The van der Waals surface area contributed by atoms with Gasteiger partial charge in [0.25, 0.3) is 0 Å². The maximum absolute atomic E-state index is 12.6. The number of halogens is 3. The predicted octanol–water partition coefficient (Wildman–Crippen LogP) is 1.90. The van der Waals surface area contributed by atoms with Crippen LogP contribution in [0.15, 0.2) is 18.5 Å². The fraction of sp³-hybridized carbons (Fsp3) is 0.455. The Morgan fingerprint density at radius 3 is 2.79 bits per heavy atom. The molecular weight excluding hydrogens is 259 g/mol. The summed E-state index contributed by atoms with van der Waals surface area (Å²) >= 11 is 0. The first-order chi connectivity index (χ1) is 9.02. The number of aromatic nitrogens is 3. The molecule has 19 heavy (non-hydrogen) atoms. The van der Waals surface area contributed by atoms with Gasteiger partial charge in [-0.25, -0.2) is 9.50 Å². The second-order valence-corrected chi connectivity index (χ2v) is 4.06. The van der Waals surface area contributed by atoms with Crippen LogP contribution in [0.5, 0.6) is 0 Å². The van der Waals surface area contributed by atoms with E-state index in [1.165, 1.54) is 16.9 Å². The number of fused-ring (bicyclic) bond motifs is 1. The zero-order valence-corrected chi connectivity index (χ0v) is 10.1. The van der Waals surface area contributed by atoms with Gasteiger partial charge in [-0.2, -0.15) is 18.3 Å². The highest BCUT2D eigenvalue weighted by Gasteiger charge is 2.34. The lowest BCUT2D eigenvalue weighted by Crippen LogP contribution is -2.07. The molecular formula is C11H14F3N5. The third-order valence-electron chi connectivity index (χ3n) is 2.60. The van der Waals surface area contributed by atoms with E-state index in [0.29, 0.717) is 24.4 Å². The van der Waals surface area contributed by atoms with Gasteiger partial charge in [-0.05, 0) is 19.4 Å². The Morgan fingerprint density at radius 2 is 2.11 bits per heavy atom. The van der Waals surface area contributed by atoms with E-state index < -0.39 is 11.9 Å². The highest BCUT2D eigenvalue weighted by molar-refractivity contribution is 5.67. The second kappa shape index (κ2) is 5.43. The molecule has 3 N–H and O–H groups in total. The van der Waals surface area contributed by atoms with Crippen molar-refractivity contribution in [1.29, 1.82) is 0 Å². The molecule has 0 bridgehead atoms. The molecule has 0 amide bonds. The Balaban J connectivity index is 2.22. The van der Waals surface area contributed by atoms with E-state index in [1.54, 1.807) is 0 Å². The minimum Gasteiger partial charge on any atom is -0.368 e. The van der Waals surface area contributed by atoms with E-state index in [4.69, 9.17) is 5.73 Å². The van der Waals surface area contributed by atoms with E-state index in [2.05, 4.69) is 15.4 Å². The van der Waals surface area contributed by atoms with Gasteiger partial charge in [-0.1, -0.05) is 0 Å². The average molecular weight is 273 g/mol. The average Bonchev–Trinajstić information content (AvgIpc) is 2.79. The number of unbranched alkanes of at least 4 members (excludes halogenated alkanes) is 1. The standard InChI is InChI=1S/C11H14F3N5/c12-11(13,14)9-7-8-10(16-4-2-1-3-15)17-5-6-19(8)18-9/h5-7H,1-4,15H2,(H,16,17). The van der Waals surface area contributed by atoms with Gasteiger partial charge < -0.3 is 11.1 Å². The fourth-order valence-electron chi connectivity index (χ4n) is 1.67. The van der Waals surface area contributed by atoms with Gasteiger partial charge in [0.2, 0.25) is 0 Å². The van der Waals surface area contributed by atoms with Gasteiger partial charge in [0, 0.05) is 25.0 Å². The molecule has 2 aromatic heterocycles. The molecule has 0 unspecified atom stereocenters. The molecule has 0 atom stereocenters. The summed E-state index contributed by atoms with van der Waals surface area (Å²) in [5.41, 5.74) is 4.75. The molecule has 0 saturated carbocycles. The second-order valence-electron chi connectivity index (χ2n) is 4.06. The monoisotopic (exact) mass is 273 g/mol. The van der Waals surface area contributed by atoms with Gasteiger partial charge in [0.1, 0.15) is 5.52 Å². The van der Waals surface area contributed by atoms with Gasteiger partial charge in [-0.15, -0.1) is 0 Å². The quantitative estimate of drug-likeness (QED) is 0.816. The summed E-state index contributed by atoms with van der Waals surface area (Å²) in [6.07, 6.45) is 0.0204. The number of rotatable bonds is 5. The van der Waals surface area contributed by atoms with Crippen LogP contribution in [0.2, 0.25) is 0 Å². The maximum atomic E-state index is 12.6. The topological polar surface area (TPSA) is 68.2 Å². The minimum atomic E-state index is -4.46. The third-order valence-corrected chi connectivity index (χ3v) is 2.60. The number of nitrogens with one attached hydrogen (secondary N) is 1. The molecule has 0 saturated heterocycles. The summed E-state index contributed by atoms with van der Waals surface area (Å²) in [5.74, 6) is 0.391. The van der Waals surface area contributed by atoms with E-state index in [0.717, 1.165) is 18.9 Å². The molecule has 5 nitrogen and oxygen atoms in total. The number of hydrogen-bond donors (Lipinski definition) is 2. The van der Waals surface area contributed by atoms with Crippen molar-refractivity contribution < 1.29 is 13.2 Å². The maximum Gasteiger partial charge on any atom is 0.435 e. The summed E-state index contributed by atoms with van der Waals surface area (Å²) in [7, 11) is 0. The number of nitrogens with zero attached hydrogens (tertiary/aromatic N) is 3. The molecule has 0 aliphatic carbocycles. The highest BCUT2D eigenvalue weighted by atomic mass is 19.4. The Labute approximate surface area is 107 Å². The predicted molar refractivity (Wildman–Crippen MR) is 64.8 cm³/mol. The van der Waals surface area contributed by atoms with Gasteiger partial charge in [0.05, 0.1) is 0 Å². The van der Waals surface area contributed by atoms with Crippen molar-refractivity contribution in [3.63, 3.8) is 0 Å². The Morgan fingerprint density at radius 1 is 1.32 bits per heavy atom. The Hall–Kier alpha value is -1.83. The minimum absolute atomic E-state index is 0.308. The number of anilines is 1. The van der Waals surface area contributed by atoms with Crippen LogP contribution in [0.4, 0.5) is 19.0 Å². The molecule has 0 spiro atoms. The van der Waals surface area contributed by atoms with Crippen LogP contribution in [-0.4, -0.2) is 27.7 Å². The fourth-order valence-corrected chi connectivity index (χ4v) is 1.67. The molecule has 8 heteroatoms. The summed E-state index contributed by atoms with van der Waals surface area (Å²) in [5, 5.41) is 6.47. The first kappa shape index (κ1) is 13.6. The third kappa shape index (κ3) is 3.14. The van der Waals surface area contributed by atoms with Crippen molar-refractivity contribution in [2.75, 3.05) is 18.4 Å². The van der Waals surface area contributed by atoms with Crippen LogP contribution in [0, 0.1) is 0 Å². The first-order valence-corrected chi connectivity index (χ1v) is 5.88. The van der Waals surface area contributed by atoms with Crippen LogP contribution in [0.1, 0.15) is 18.5 Å². The molecule has 2 aromatic rings. The normalized spacial score (nSPS) is 12.0. The molecule has 0 fully saturated rings. The van der Waals surface area contributed by atoms with E-state index in [9.17, 15) is 13.2 Å². The summed E-state index contributed by atoms with van der Waals surface area (Å²) in [6.45, 7) is 1.20. The van der Waals surface area contributed by atoms with E-state index >= 15 is 0 Å². The first-order valence-electron chi connectivity index (χ1n) is 5.88. The lowest BCUT2D eigenvalue weighted by Gasteiger charge is -2.05. The summed E-state index contributed by atoms with van der Waals surface area (Å²) in [6, 6.07) is 0.984. The Kier molecular flexibility index (Phi) is 3.89. The van der Waals surface area contributed by atoms with Crippen molar-refractivity contribution in [2.45, 2.75) is 19.0 Å². The van der Waals surface area contributed by atoms with Crippen molar-refractivity contribution in [3.05, 3.63) is 24.2 Å². The lowest BCUT2D eigenvalue weighted by molar-refractivity contribution is -0.141. The van der Waals surface area contributed by atoms with Crippen molar-refractivity contribution >= 4 is 11.3 Å². The largest absolute Gasteiger partial charge is 0.435 e. The van der Waals surface area contributed by atoms with Crippen molar-refractivity contribution in [2.24, 2.45) is 5.73 Å². The van der Waals surface area contributed by atoms with E-state index in [1.807, 2.05) is 0 Å². The zero-order chi connectivity index (χ0) is 13.9. The Bertz CT molecular complexity index is 549. The van der Waals surface area contributed by atoms with Crippen molar-refractivity contribution in [1.82, 2.24) is 14.6 Å². The van der Waals surface area contributed by atoms with Crippen LogP contribution in [0.25, 0.3) is 5.52 Å². The molecule has 104 valence electrons. The summed E-state index contributed by atoms with van der Waals surface area (Å²) < 4.78 is 38.9. The molecule has 0 aliphatic heterocycles. The van der Waals surface area contributed by atoms with Crippen LogP contribution in [-0.2, 0) is 6.18 Å². The van der Waals surface area contributed by atoms with E-state index in [-0.39, 0.29) is 0 Å². The lowest BCUT2D eigenvalue weighted by atomic mass is 10.3. The summed E-state index contributed by atoms with van der Waals surface area (Å²) in [4.78, 5) is 4.03. The van der Waals surface area contributed by atoms with Crippen LogP contribution >= 0.6 is 0 Å². The number of nitrogens with two attached hydrogens (primary N) is 1. The number of alkyl halides is 3. The highest BCUT2D eigenvalue weighted by Crippen LogP contribution is 2.29. The van der Waals surface area contributed by atoms with Crippen LogP contribution < -0.4 is 11.1 Å². The van der Waals surface area contributed by atoms with Gasteiger partial charge >= 0.3 is 6.18 Å². The molecule has 2 heterocycles. The van der Waals surface area contributed by atoms with Crippen LogP contribution in [0.3, 0.4) is 0 Å². The SMILES string of the molecule is NCCCCNc1nccn2nc(C(F)(F)F)cc12.